The fraction of sp³-hybridized carbons (Fsp3) is 0.231. The van der Waals surface area contributed by atoms with E-state index in [0.29, 0.717) is 29.2 Å². The van der Waals surface area contributed by atoms with Gasteiger partial charge >= 0.3 is 0 Å². The molecule has 2 aromatic rings. The van der Waals surface area contributed by atoms with E-state index in [0.717, 1.165) is 4.47 Å². The zero-order valence-corrected chi connectivity index (χ0v) is 12.2. The van der Waals surface area contributed by atoms with Crippen LogP contribution in [0.4, 0.5) is 5.82 Å². The third-order valence-electron chi connectivity index (χ3n) is 2.54. The van der Waals surface area contributed by atoms with E-state index in [1.807, 2.05) is 6.92 Å². The SMILES string of the molecule is CCc1nnc(C)cc1C(=O)Nc1cc(Br)ccn1. The third kappa shape index (κ3) is 3.35. The van der Waals surface area contributed by atoms with Crippen molar-refractivity contribution in [3.05, 3.63) is 45.8 Å². The summed E-state index contributed by atoms with van der Waals surface area (Å²) in [7, 11) is 0. The molecule has 0 saturated heterocycles. The van der Waals surface area contributed by atoms with Crippen LogP contribution in [0.1, 0.15) is 28.7 Å². The number of carbonyl (C=O) groups excluding carboxylic acids is 1. The number of rotatable bonds is 3. The number of anilines is 1. The summed E-state index contributed by atoms with van der Waals surface area (Å²) in [6.07, 6.45) is 2.28. The van der Waals surface area contributed by atoms with Gasteiger partial charge in [-0.05, 0) is 31.5 Å². The lowest BCUT2D eigenvalue weighted by molar-refractivity contribution is 0.102. The molecule has 0 aliphatic rings. The first-order chi connectivity index (χ1) is 9.10. The van der Waals surface area contributed by atoms with Crippen molar-refractivity contribution in [2.45, 2.75) is 20.3 Å². The molecule has 6 heteroatoms. The maximum Gasteiger partial charge on any atom is 0.258 e. The van der Waals surface area contributed by atoms with E-state index in [2.05, 4.69) is 36.4 Å². The monoisotopic (exact) mass is 320 g/mol. The van der Waals surface area contributed by atoms with Crippen molar-refractivity contribution >= 4 is 27.7 Å². The van der Waals surface area contributed by atoms with Crippen LogP contribution in [0, 0.1) is 6.92 Å². The molecule has 2 aromatic heterocycles. The predicted molar refractivity (Wildman–Crippen MR) is 76.0 cm³/mol. The van der Waals surface area contributed by atoms with Crippen LogP contribution in [-0.4, -0.2) is 21.1 Å². The molecule has 2 rings (SSSR count). The maximum absolute atomic E-state index is 12.2. The lowest BCUT2D eigenvalue weighted by atomic mass is 10.1. The smallest absolute Gasteiger partial charge is 0.258 e. The summed E-state index contributed by atoms with van der Waals surface area (Å²) in [4.78, 5) is 16.3. The lowest BCUT2D eigenvalue weighted by Crippen LogP contribution is -2.16. The van der Waals surface area contributed by atoms with Gasteiger partial charge < -0.3 is 5.32 Å². The number of nitrogens with one attached hydrogen (secondary N) is 1. The quantitative estimate of drug-likeness (QED) is 0.944. The van der Waals surface area contributed by atoms with Gasteiger partial charge in [-0.25, -0.2) is 4.98 Å². The van der Waals surface area contributed by atoms with Crippen molar-refractivity contribution in [2.75, 3.05) is 5.32 Å². The second-order valence-electron chi connectivity index (χ2n) is 4.01. The summed E-state index contributed by atoms with van der Waals surface area (Å²) < 4.78 is 0.859. The average Bonchev–Trinajstić information content (AvgIpc) is 2.38. The largest absolute Gasteiger partial charge is 0.306 e. The predicted octanol–water partition coefficient (Wildman–Crippen LogP) is 2.76. The molecule has 2 heterocycles. The highest BCUT2D eigenvalue weighted by Gasteiger charge is 2.13. The van der Waals surface area contributed by atoms with Gasteiger partial charge in [-0.15, -0.1) is 0 Å². The Balaban J connectivity index is 2.27. The molecule has 98 valence electrons. The van der Waals surface area contributed by atoms with Crippen LogP contribution in [0.2, 0.25) is 0 Å². The molecule has 0 spiro atoms. The maximum atomic E-state index is 12.2. The molecule has 1 amide bonds. The topological polar surface area (TPSA) is 67.8 Å². The molecule has 0 aromatic carbocycles. The van der Waals surface area contributed by atoms with Crippen molar-refractivity contribution in [1.29, 1.82) is 0 Å². The molecule has 0 bridgehead atoms. The Labute approximate surface area is 119 Å². The first-order valence-electron chi connectivity index (χ1n) is 5.86. The van der Waals surface area contributed by atoms with Gasteiger partial charge in [0.1, 0.15) is 5.82 Å². The summed E-state index contributed by atoms with van der Waals surface area (Å²) in [5.41, 5.74) is 1.93. The van der Waals surface area contributed by atoms with E-state index in [9.17, 15) is 4.79 Å². The first-order valence-corrected chi connectivity index (χ1v) is 6.65. The zero-order chi connectivity index (χ0) is 13.8. The molecule has 0 aliphatic heterocycles. The van der Waals surface area contributed by atoms with E-state index in [4.69, 9.17) is 0 Å². The fourth-order valence-corrected chi connectivity index (χ4v) is 1.96. The Hall–Kier alpha value is -1.82. The second kappa shape index (κ2) is 5.88. The Morgan fingerprint density at radius 3 is 2.84 bits per heavy atom. The third-order valence-corrected chi connectivity index (χ3v) is 3.03. The van der Waals surface area contributed by atoms with Gasteiger partial charge in [0.15, 0.2) is 0 Å². The number of aryl methyl sites for hydroxylation is 2. The summed E-state index contributed by atoms with van der Waals surface area (Å²) in [6.45, 7) is 3.74. The number of nitrogens with zero attached hydrogens (tertiary/aromatic N) is 3. The highest BCUT2D eigenvalue weighted by molar-refractivity contribution is 9.10. The van der Waals surface area contributed by atoms with Gasteiger partial charge in [0.05, 0.1) is 17.0 Å². The minimum atomic E-state index is -0.222. The van der Waals surface area contributed by atoms with Gasteiger partial charge in [0, 0.05) is 10.7 Å². The molecule has 0 fully saturated rings. The molecule has 1 N–H and O–H groups in total. The highest BCUT2D eigenvalue weighted by Crippen LogP contribution is 2.15. The van der Waals surface area contributed by atoms with E-state index in [-0.39, 0.29) is 5.91 Å². The second-order valence-corrected chi connectivity index (χ2v) is 4.93. The standard InChI is InChI=1S/C13H13BrN4O/c1-3-11-10(6-8(2)17-18-11)13(19)16-12-7-9(14)4-5-15-12/h4-7H,3H2,1-2H3,(H,15,16,19). The van der Waals surface area contributed by atoms with E-state index < -0.39 is 0 Å². The summed E-state index contributed by atoms with van der Waals surface area (Å²) in [6, 6.07) is 5.27. The molecule has 5 nitrogen and oxygen atoms in total. The minimum absolute atomic E-state index is 0.222. The number of carbonyl (C=O) groups is 1. The first kappa shape index (κ1) is 13.6. The Morgan fingerprint density at radius 2 is 2.16 bits per heavy atom. The molecule has 0 unspecified atom stereocenters. The molecule has 0 radical (unpaired) electrons. The van der Waals surface area contributed by atoms with Crippen LogP contribution in [0.3, 0.4) is 0 Å². The number of pyridine rings is 1. The molecule has 0 aliphatic carbocycles. The van der Waals surface area contributed by atoms with Crippen LogP contribution >= 0.6 is 15.9 Å². The van der Waals surface area contributed by atoms with Gasteiger partial charge in [0.2, 0.25) is 0 Å². The summed E-state index contributed by atoms with van der Waals surface area (Å²) in [5.74, 6) is 0.274. The zero-order valence-electron chi connectivity index (χ0n) is 10.6. The van der Waals surface area contributed by atoms with Gasteiger partial charge in [-0.1, -0.05) is 22.9 Å². The van der Waals surface area contributed by atoms with Gasteiger partial charge in [-0.3, -0.25) is 4.79 Å². The van der Waals surface area contributed by atoms with Crippen LogP contribution in [0.15, 0.2) is 28.9 Å². The van der Waals surface area contributed by atoms with Crippen molar-refractivity contribution in [2.24, 2.45) is 0 Å². The summed E-state index contributed by atoms with van der Waals surface area (Å²) >= 11 is 3.33. The molecular formula is C13H13BrN4O. The van der Waals surface area contributed by atoms with Gasteiger partial charge in [-0.2, -0.15) is 10.2 Å². The summed E-state index contributed by atoms with van der Waals surface area (Å²) in [5, 5.41) is 10.8. The fourth-order valence-electron chi connectivity index (χ4n) is 1.63. The van der Waals surface area contributed by atoms with Crippen molar-refractivity contribution in [3.63, 3.8) is 0 Å². The van der Waals surface area contributed by atoms with E-state index >= 15 is 0 Å². The average molecular weight is 321 g/mol. The number of aromatic nitrogens is 3. The molecule has 0 saturated carbocycles. The number of hydrogen-bond acceptors (Lipinski definition) is 4. The van der Waals surface area contributed by atoms with Crippen molar-refractivity contribution in [1.82, 2.24) is 15.2 Å². The highest BCUT2D eigenvalue weighted by atomic mass is 79.9. The van der Waals surface area contributed by atoms with E-state index in [1.54, 1.807) is 31.3 Å². The number of halogens is 1. The Morgan fingerprint density at radius 1 is 1.37 bits per heavy atom. The molecule has 19 heavy (non-hydrogen) atoms. The Bertz CT molecular complexity index is 615. The van der Waals surface area contributed by atoms with Crippen LogP contribution in [0.25, 0.3) is 0 Å². The van der Waals surface area contributed by atoms with Crippen LogP contribution in [-0.2, 0) is 6.42 Å². The molecular weight excluding hydrogens is 308 g/mol. The van der Waals surface area contributed by atoms with Crippen LogP contribution in [0.5, 0.6) is 0 Å². The molecule has 0 atom stereocenters. The minimum Gasteiger partial charge on any atom is -0.306 e. The number of hydrogen-bond donors (Lipinski definition) is 1. The normalized spacial score (nSPS) is 10.3. The lowest BCUT2D eigenvalue weighted by Gasteiger charge is -2.08. The van der Waals surface area contributed by atoms with Gasteiger partial charge in [0.25, 0.3) is 5.91 Å². The van der Waals surface area contributed by atoms with Crippen molar-refractivity contribution in [3.8, 4) is 0 Å². The van der Waals surface area contributed by atoms with E-state index in [1.165, 1.54) is 0 Å². The van der Waals surface area contributed by atoms with Crippen LogP contribution < -0.4 is 5.32 Å². The Kier molecular flexibility index (Phi) is 4.21. The van der Waals surface area contributed by atoms with Crippen molar-refractivity contribution < 1.29 is 4.79 Å². The number of amides is 1.